The SMILES string of the molecule is FC(F)=C(F)OC(F)(C(F)(F)F)C(F)(F)C(F)(F)C(F)(F)C(F)(F)F. The van der Waals surface area contributed by atoms with Gasteiger partial charge >= 0.3 is 48.1 Å². The number of halogens is 16. The van der Waals surface area contributed by atoms with Crippen LogP contribution in [0, 0.1) is 0 Å². The van der Waals surface area contributed by atoms with Crippen LogP contribution in [0.4, 0.5) is 70.2 Å². The molecule has 0 bridgehead atoms. The maximum absolute atomic E-state index is 13.2. The third-order valence-electron chi connectivity index (χ3n) is 2.29. The molecule has 0 spiro atoms. The van der Waals surface area contributed by atoms with E-state index in [2.05, 4.69) is 0 Å². The van der Waals surface area contributed by atoms with Crippen LogP contribution in [0.1, 0.15) is 0 Å². The summed E-state index contributed by atoms with van der Waals surface area (Å²) in [5.74, 6) is -32.2. The number of alkyl halides is 13. The van der Waals surface area contributed by atoms with Crippen molar-refractivity contribution in [1.29, 1.82) is 0 Å². The van der Waals surface area contributed by atoms with E-state index in [-0.39, 0.29) is 0 Å². The Bertz CT molecular complexity index is 521. The maximum Gasteiger partial charge on any atom is 0.467 e. The van der Waals surface area contributed by atoms with Gasteiger partial charge in [-0.05, 0) is 0 Å². The summed E-state index contributed by atoms with van der Waals surface area (Å²) in [5.41, 5.74) is 0. The van der Waals surface area contributed by atoms with Gasteiger partial charge in [-0.1, -0.05) is 0 Å². The third-order valence-corrected chi connectivity index (χ3v) is 2.29. The number of hydrogen-bond donors (Lipinski definition) is 0. The van der Waals surface area contributed by atoms with Gasteiger partial charge in [0.15, 0.2) is 0 Å². The van der Waals surface area contributed by atoms with Crippen molar-refractivity contribution in [3.05, 3.63) is 12.1 Å². The summed E-state index contributed by atoms with van der Waals surface area (Å²) >= 11 is 0. The average molecular weight is 416 g/mol. The minimum atomic E-state index is -8.25. The molecular formula is C8F16O. The molecule has 17 heteroatoms. The first kappa shape index (κ1) is 23.4. The Kier molecular flexibility index (Phi) is 5.62. The van der Waals surface area contributed by atoms with Gasteiger partial charge in [-0.25, -0.2) is 0 Å². The monoisotopic (exact) mass is 416 g/mol. The van der Waals surface area contributed by atoms with Crippen molar-refractivity contribution in [2.24, 2.45) is 0 Å². The molecule has 0 saturated heterocycles. The summed E-state index contributed by atoms with van der Waals surface area (Å²) in [5, 5.41) is 0. The van der Waals surface area contributed by atoms with Crippen molar-refractivity contribution in [3.63, 3.8) is 0 Å². The standard InChI is InChI=1S/C8F16O/c9-1(10)2(11)25-6(18,8(22,23)24)4(14,15)3(12,13)5(16,17)7(19,20)21. The van der Waals surface area contributed by atoms with E-state index in [4.69, 9.17) is 0 Å². The Morgan fingerprint density at radius 2 is 0.840 bits per heavy atom. The first-order valence-electron chi connectivity index (χ1n) is 4.93. The molecule has 0 aliphatic carbocycles. The number of rotatable bonds is 5. The lowest BCUT2D eigenvalue weighted by Gasteiger charge is -2.40. The van der Waals surface area contributed by atoms with Crippen LogP contribution in [-0.2, 0) is 4.74 Å². The van der Waals surface area contributed by atoms with E-state index in [9.17, 15) is 70.2 Å². The second-order valence-electron chi connectivity index (χ2n) is 3.95. The molecule has 25 heavy (non-hydrogen) atoms. The van der Waals surface area contributed by atoms with Crippen LogP contribution in [0.25, 0.3) is 0 Å². The lowest BCUT2D eigenvalue weighted by molar-refractivity contribution is -0.469. The Balaban J connectivity index is 6.59. The lowest BCUT2D eigenvalue weighted by atomic mass is 9.96. The summed E-state index contributed by atoms with van der Waals surface area (Å²) in [6, 6.07) is -4.22. The van der Waals surface area contributed by atoms with Crippen LogP contribution in [-0.4, -0.2) is 36.0 Å². The van der Waals surface area contributed by atoms with E-state index < -0.39 is 48.1 Å². The highest BCUT2D eigenvalue weighted by molar-refractivity contribution is 5.10. The normalized spacial score (nSPS) is 17.1. The molecule has 150 valence electrons. The molecule has 0 aliphatic heterocycles. The van der Waals surface area contributed by atoms with Crippen molar-refractivity contribution >= 4 is 0 Å². The Hall–Kier alpha value is -1.58. The first-order valence-corrected chi connectivity index (χ1v) is 4.93. The highest BCUT2D eigenvalue weighted by Crippen LogP contribution is 2.60. The van der Waals surface area contributed by atoms with Crippen LogP contribution in [0.3, 0.4) is 0 Å². The van der Waals surface area contributed by atoms with E-state index in [1.807, 2.05) is 0 Å². The molecule has 0 aliphatic rings. The van der Waals surface area contributed by atoms with Crippen molar-refractivity contribution in [2.75, 3.05) is 0 Å². The largest absolute Gasteiger partial charge is 0.467 e. The zero-order valence-electron chi connectivity index (χ0n) is 10.5. The fourth-order valence-corrected chi connectivity index (χ4v) is 1.04. The van der Waals surface area contributed by atoms with Gasteiger partial charge in [0.05, 0.1) is 0 Å². The molecule has 0 fully saturated rings. The van der Waals surface area contributed by atoms with Gasteiger partial charge in [0.1, 0.15) is 0 Å². The molecule has 1 atom stereocenters. The quantitative estimate of drug-likeness (QED) is 0.411. The molecular weight excluding hydrogens is 416 g/mol. The Morgan fingerprint density at radius 1 is 0.480 bits per heavy atom. The van der Waals surface area contributed by atoms with Crippen LogP contribution in [0.2, 0.25) is 0 Å². The fraction of sp³-hybridized carbons (Fsp3) is 0.750. The van der Waals surface area contributed by atoms with Gasteiger partial charge in [-0.15, -0.1) is 0 Å². The zero-order valence-corrected chi connectivity index (χ0v) is 10.5. The highest BCUT2D eigenvalue weighted by atomic mass is 19.4. The van der Waals surface area contributed by atoms with Gasteiger partial charge in [0.2, 0.25) is 0 Å². The smallest absolute Gasteiger partial charge is 0.416 e. The Labute approximate surface area is 124 Å². The van der Waals surface area contributed by atoms with E-state index in [0.29, 0.717) is 0 Å². The topological polar surface area (TPSA) is 9.23 Å². The second kappa shape index (κ2) is 6.00. The van der Waals surface area contributed by atoms with Crippen LogP contribution < -0.4 is 0 Å². The molecule has 0 rings (SSSR count). The summed E-state index contributed by atoms with van der Waals surface area (Å²) in [6.45, 7) is 0. The molecule has 0 radical (unpaired) electrons. The summed E-state index contributed by atoms with van der Waals surface area (Å²) in [6.07, 6.45) is -19.5. The van der Waals surface area contributed by atoms with Crippen molar-refractivity contribution in [1.82, 2.24) is 0 Å². The zero-order chi connectivity index (χ0) is 20.9. The van der Waals surface area contributed by atoms with Crippen molar-refractivity contribution < 1.29 is 75.0 Å². The van der Waals surface area contributed by atoms with Crippen molar-refractivity contribution in [2.45, 2.75) is 36.0 Å². The molecule has 0 aromatic heterocycles. The van der Waals surface area contributed by atoms with Crippen LogP contribution in [0.15, 0.2) is 12.1 Å². The van der Waals surface area contributed by atoms with E-state index >= 15 is 0 Å². The molecule has 1 unspecified atom stereocenters. The predicted molar refractivity (Wildman–Crippen MR) is 42.2 cm³/mol. The Morgan fingerprint density at radius 3 is 1.08 bits per heavy atom. The molecule has 0 aromatic carbocycles. The van der Waals surface area contributed by atoms with Gasteiger partial charge in [0.25, 0.3) is 0 Å². The number of hydrogen-bond acceptors (Lipinski definition) is 1. The summed E-state index contributed by atoms with van der Waals surface area (Å²) < 4.78 is 198. The van der Waals surface area contributed by atoms with Gasteiger partial charge in [0, 0.05) is 0 Å². The summed E-state index contributed by atoms with van der Waals surface area (Å²) in [7, 11) is 0. The molecule has 0 amide bonds. The predicted octanol–water partition coefficient (Wildman–Crippen LogP) is 5.73. The third kappa shape index (κ3) is 3.40. The molecule has 0 saturated carbocycles. The van der Waals surface area contributed by atoms with Gasteiger partial charge in [-0.3, -0.25) is 0 Å². The van der Waals surface area contributed by atoms with Crippen LogP contribution >= 0.6 is 0 Å². The minimum absolute atomic E-state index is 1.66. The fourth-order valence-electron chi connectivity index (χ4n) is 1.04. The summed E-state index contributed by atoms with van der Waals surface area (Å²) in [4.78, 5) is 0. The first-order chi connectivity index (χ1) is 10.6. The molecule has 0 aromatic rings. The molecule has 1 nitrogen and oxygen atoms in total. The second-order valence-corrected chi connectivity index (χ2v) is 3.95. The molecule has 0 N–H and O–H groups in total. The molecule has 0 heterocycles. The van der Waals surface area contributed by atoms with E-state index in [1.54, 1.807) is 4.74 Å². The maximum atomic E-state index is 13.2. The number of ether oxygens (including phenoxy) is 1. The average Bonchev–Trinajstić information content (AvgIpc) is 2.34. The minimum Gasteiger partial charge on any atom is -0.416 e. The van der Waals surface area contributed by atoms with E-state index in [0.717, 1.165) is 0 Å². The van der Waals surface area contributed by atoms with Gasteiger partial charge < -0.3 is 4.74 Å². The van der Waals surface area contributed by atoms with Crippen molar-refractivity contribution in [3.8, 4) is 0 Å². The highest BCUT2D eigenvalue weighted by Gasteiger charge is 2.92. The van der Waals surface area contributed by atoms with Gasteiger partial charge in [-0.2, -0.15) is 70.2 Å². The van der Waals surface area contributed by atoms with E-state index in [1.165, 1.54) is 0 Å². The van der Waals surface area contributed by atoms with Crippen LogP contribution in [0.5, 0.6) is 0 Å². The lowest BCUT2D eigenvalue weighted by Crippen LogP contribution is -2.71.